The number of nitriles is 1. The fourth-order valence-corrected chi connectivity index (χ4v) is 5.32. The fraction of sp³-hybridized carbons (Fsp3) is 0.389. The van der Waals surface area contributed by atoms with E-state index in [-0.39, 0.29) is 17.4 Å². The van der Waals surface area contributed by atoms with Crippen LogP contribution in [-0.2, 0) is 17.6 Å². The van der Waals surface area contributed by atoms with Gasteiger partial charge in [-0.05, 0) is 69.2 Å². The van der Waals surface area contributed by atoms with Gasteiger partial charge in [0, 0.05) is 31.5 Å². The Morgan fingerprint density at radius 1 is 0.978 bits per heavy atom. The minimum atomic E-state index is -0.181. The van der Waals surface area contributed by atoms with E-state index in [2.05, 4.69) is 23.0 Å². The zero-order valence-corrected chi connectivity index (χ0v) is 26.8. The topological polar surface area (TPSA) is 114 Å². The Hall–Kier alpha value is -4.84. The van der Waals surface area contributed by atoms with Crippen LogP contribution in [0.1, 0.15) is 81.1 Å². The Labute approximate surface area is 265 Å². The van der Waals surface area contributed by atoms with Crippen LogP contribution in [0.2, 0.25) is 0 Å². The van der Waals surface area contributed by atoms with Gasteiger partial charge in [0.15, 0.2) is 5.75 Å². The molecule has 0 aliphatic heterocycles. The van der Waals surface area contributed by atoms with Crippen LogP contribution in [0.3, 0.4) is 0 Å². The molecule has 0 radical (unpaired) electrons. The predicted octanol–water partition coefficient (Wildman–Crippen LogP) is 6.22. The Balaban J connectivity index is 1.50. The van der Waals surface area contributed by atoms with E-state index in [1.54, 1.807) is 19.3 Å². The zero-order valence-electron chi connectivity index (χ0n) is 26.8. The van der Waals surface area contributed by atoms with E-state index in [4.69, 9.17) is 9.72 Å². The maximum atomic E-state index is 14.0. The van der Waals surface area contributed by atoms with E-state index < -0.39 is 0 Å². The molecule has 1 amide bonds. The number of carbonyl (C=O) groups excluding carboxylic acids is 1. The number of unbranched alkanes of at least 4 members (excludes halogenated alkanes) is 2. The molecule has 0 saturated heterocycles. The van der Waals surface area contributed by atoms with Gasteiger partial charge in [-0.25, -0.2) is 19.5 Å². The minimum Gasteiger partial charge on any atom is -0.490 e. The molecule has 0 N–H and O–H groups in total. The molecular formula is C36H42N6O3. The molecule has 0 bridgehead atoms. The van der Waals surface area contributed by atoms with Gasteiger partial charge < -0.3 is 9.64 Å². The van der Waals surface area contributed by atoms with Crippen LogP contribution in [-0.4, -0.2) is 50.0 Å². The van der Waals surface area contributed by atoms with Gasteiger partial charge in [-0.3, -0.25) is 9.59 Å². The monoisotopic (exact) mass is 606 g/mol. The molecule has 0 fully saturated rings. The number of carbonyl (C=O) groups is 1. The standard InChI is InChI=1S/C36H42N6O3/c1-5-8-15-33-32(22-27-17-19-28(20-18-27)31-14-10-9-13-29(31)23-37)35(44)42(26(4)40-33)36-38-24-30(25-39-36)45-21-12-11-16-34(43)41(6-2)7-3/h9-10,13-14,17-20,24-25H,5-8,11-12,15-16,21-22H2,1-4H3. The van der Waals surface area contributed by atoms with Crippen molar-refractivity contribution in [3.8, 4) is 28.9 Å². The predicted molar refractivity (Wildman–Crippen MR) is 175 cm³/mol. The lowest BCUT2D eigenvalue weighted by molar-refractivity contribution is -0.130. The van der Waals surface area contributed by atoms with Crippen LogP contribution in [0.4, 0.5) is 0 Å². The molecule has 0 aliphatic carbocycles. The van der Waals surface area contributed by atoms with Crippen LogP contribution in [0.5, 0.6) is 5.75 Å². The molecule has 0 aliphatic rings. The third-order valence-corrected chi connectivity index (χ3v) is 7.87. The van der Waals surface area contributed by atoms with Gasteiger partial charge in [-0.1, -0.05) is 55.8 Å². The van der Waals surface area contributed by atoms with E-state index >= 15 is 0 Å². The van der Waals surface area contributed by atoms with Crippen LogP contribution in [0, 0.1) is 18.3 Å². The molecule has 9 nitrogen and oxygen atoms in total. The number of aryl methyl sites for hydroxylation is 2. The number of amides is 1. The Kier molecular flexibility index (Phi) is 12.0. The lowest BCUT2D eigenvalue weighted by atomic mass is 9.97. The molecule has 0 spiro atoms. The van der Waals surface area contributed by atoms with E-state index in [0.717, 1.165) is 61.2 Å². The highest BCUT2D eigenvalue weighted by atomic mass is 16.5. The number of ether oxygens (including phenoxy) is 1. The fourth-order valence-electron chi connectivity index (χ4n) is 5.32. The smallest absolute Gasteiger partial charge is 0.264 e. The van der Waals surface area contributed by atoms with Gasteiger partial charge in [-0.15, -0.1) is 0 Å². The maximum Gasteiger partial charge on any atom is 0.264 e. The molecule has 45 heavy (non-hydrogen) atoms. The van der Waals surface area contributed by atoms with Crippen LogP contribution < -0.4 is 10.3 Å². The molecule has 4 aromatic rings. The lowest BCUT2D eigenvalue weighted by Gasteiger charge is -2.18. The summed E-state index contributed by atoms with van der Waals surface area (Å²) < 4.78 is 7.27. The minimum absolute atomic E-state index is 0.167. The molecule has 0 saturated carbocycles. The number of hydrogen-bond acceptors (Lipinski definition) is 7. The molecule has 0 atom stereocenters. The zero-order chi connectivity index (χ0) is 32.2. The first-order valence-corrected chi connectivity index (χ1v) is 15.8. The lowest BCUT2D eigenvalue weighted by Crippen LogP contribution is -2.30. The van der Waals surface area contributed by atoms with Crippen molar-refractivity contribution >= 4 is 5.91 Å². The number of benzene rings is 2. The summed E-state index contributed by atoms with van der Waals surface area (Å²) in [5, 5.41) is 9.50. The summed E-state index contributed by atoms with van der Waals surface area (Å²) in [7, 11) is 0. The van der Waals surface area contributed by atoms with Crippen molar-refractivity contribution in [2.24, 2.45) is 0 Å². The second-order valence-corrected chi connectivity index (χ2v) is 10.9. The van der Waals surface area contributed by atoms with Gasteiger partial charge in [-0.2, -0.15) is 5.26 Å². The highest BCUT2D eigenvalue weighted by Crippen LogP contribution is 2.24. The summed E-state index contributed by atoms with van der Waals surface area (Å²) in [6.45, 7) is 9.79. The van der Waals surface area contributed by atoms with E-state index in [9.17, 15) is 14.9 Å². The van der Waals surface area contributed by atoms with E-state index in [0.29, 0.717) is 48.6 Å². The highest BCUT2D eigenvalue weighted by Gasteiger charge is 2.18. The van der Waals surface area contributed by atoms with Crippen LogP contribution >= 0.6 is 0 Å². The molecular weight excluding hydrogens is 564 g/mol. The summed E-state index contributed by atoms with van der Waals surface area (Å²) in [5.74, 6) is 1.45. The van der Waals surface area contributed by atoms with Crippen molar-refractivity contribution in [3.05, 3.63) is 99.5 Å². The third kappa shape index (κ3) is 8.42. The average Bonchev–Trinajstić information content (AvgIpc) is 3.06. The first-order valence-electron chi connectivity index (χ1n) is 15.8. The normalized spacial score (nSPS) is 10.8. The number of rotatable bonds is 15. The van der Waals surface area contributed by atoms with E-state index in [1.807, 2.05) is 67.3 Å². The van der Waals surface area contributed by atoms with Crippen LogP contribution in [0.15, 0.2) is 65.7 Å². The van der Waals surface area contributed by atoms with Crippen molar-refractivity contribution in [3.63, 3.8) is 0 Å². The summed E-state index contributed by atoms with van der Waals surface area (Å²) in [6, 6.07) is 17.7. The van der Waals surface area contributed by atoms with Gasteiger partial charge in [0.05, 0.1) is 36.3 Å². The van der Waals surface area contributed by atoms with Crippen molar-refractivity contribution in [2.45, 2.75) is 72.6 Å². The summed E-state index contributed by atoms with van der Waals surface area (Å²) in [5.41, 5.74) is 4.67. The molecule has 4 rings (SSSR count). The van der Waals surface area contributed by atoms with Gasteiger partial charge in [0.1, 0.15) is 5.82 Å². The third-order valence-electron chi connectivity index (χ3n) is 7.87. The number of hydrogen-bond donors (Lipinski definition) is 0. The number of aromatic nitrogens is 4. The van der Waals surface area contributed by atoms with Crippen molar-refractivity contribution in [2.75, 3.05) is 19.7 Å². The van der Waals surface area contributed by atoms with Gasteiger partial charge in [0.2, 0.25) is 11.9 Å². The largest absolute Gasteiger partial charge is 0.490 e. The quantitative estimate of drug-likeness (QED) is 0.148. The molecule has 234 valence electrons. The first-order chi connectivity index (χ1) is 21.9. The summed E-state index contributed by atoms with van der Waals surface area (Å²) in [4.78, 5) is 41.7. The Morgan fingerprint density at radius 2 is 1.69 bits per heavy atom. The van der Waals surface area contributed by atoms with E-state index in [1.165, 1.54) is 4.57 Å². The second-order valence-electron chi connectivity index (χ2n) is 10.9. The van der Waals surface area contributed by atoms with Crippen molar-refractivity contribution < 1.29 is 9.53 Å². The second kappa shape index (κ2) is 16.3. The SMILES string of the molecule is CCCCc1nc(C)n(-c2ncc(OCCCCC(=O)N(CC)CC)cn2)c(=O)c1Cc1ccc(-c2ccccc2C#N)cc1. The van der Waals surface area contributed by atoms with Crippen molar-refractivity contribution in [1.82, 2.24) is 24.4 Å². The number of nitrogens with zero attached hydrogens (tertiary/aromatic N) is 6. The molecule has 2 aromatic carbocycles. The molecule has 2 aromatic heterocycles. The Bertz CT molecular complexity index is 1670. The molecule has 0 unspecified atom stereocenters. The van der Waals surface area contributed by atoms with Crippen LogP contribution in [0.25, 0.3) is 17.1 Å². The van der Waals surface area contributed by atoms with Gasteiger partial charge >= 0.3 is 0 Å². The van der Waals surface area contributed by atoms with Crippen molar-refractivity contribution in [1.29, 1.82) is 5.26 Å². The Morgan fingerprint density at radius 3 is 2.36 bits per heavy atom. The average molecular weight is 607 g/mol. The maximum absolute atomic E-state index is 14.0. The summed E-state index contributed by atoms with van der Waals surface area (Å²) >= 11 is 0. The summed E-state index contributed by atoms with van der Waals surface area (Å²) in [6.07, 6.45) is 8.18. The molecule has 2 heterocycles. The van der Waals surface area contributed by atoms with Gasteiger partial charge in [0.25, 0.3) is 5.56 Å². The highest BCUT2D eigenvalue weighted by molar-refractivity contribution is 5.76. The first kappa shape index (κ1) is 33.1. The molecule has 9 heteroatoms.